The van der Waals surface area contributed by atoms with Crippen molar-refractivity contribution < 1.29 is 13.2 Å². The van der Waals surface area contributed by atoms with Gasteiger partial charge in [-0.25, -0.2) is 8.42 Å². The minimum Gasteiger partial charge on any atom is -0.339 e. The highest BCUT2D eigenvalue weighted by atomic mass is 35.7. The van der Waals surface area contributed by atoms with Gasteiger partial charge in [-0.3, -0.25) is 4.79 Å². The highest BCUT2D eigenvalue weighted by Gasteiger charge is 2.22. The van der Waals surface area contributed by atoms with Crippen LogP contribution < -0.4 is 0 Å². The Morgan fingerprint density at radius 2 is 1.74 bits per heavy atom. The van der Waals surface area contributed by atoms with E-state index in [1.807, 2.05) is 0 Å². The third-order valence-corrected chi connectivity index (χ3v) is 4.70. The van der Waals surface area contributed by atoms with Crippen LogP contribution in [0.2, 0.25) is 10.0 Å². The van der Waals surface area contributed by atoms with Gasteiger partial charge in [0.2, 0.25) is 0 Å². The third-order valence-electron chi connectivity index (χ3n) is 2.56. The maximum Gasteiger partial charge on any atom is 0.261 e. The summed E-state index contributed by atoms with van der Waals surface area (Å²) in [5.41, 5.74) is 0.0251. The predicted octanol–water partition coefficient (Wildman–Crippen LogP) is 3.40. The molecule has 0 heterocycles. The molecule has 1 rings (SSSR count). The quantitative estimate of drug-likeness (QED) is 0.787. The van der Waals surface area contributed by atoms with Gasteiger partial charge in [0, 0.05) is 23.8 Å². The minimum absolute atomic E-state index is 0.0163. The molecule has 0 fully saturated rings. The molecule has 106 valence electrons. The fourth-order valence-electron chi connectivity index (χ4n) is 1.54. The number of hydrogen-bond donors (Lipinski definition) is 0. The number of carbonyl (C=O) groups is 1. The second-order valence-corrected chi connectivity index (χ2v) is 7.03. The van der Waals surface area contributed by atoms with Gasteiger partial charge in [0.25, 0.3) is 15.0 Å². The van der Waals surface area contributed by atoms with Crippen molar-refractivity contribution in [2.24, 2.45) is 0 Å². The molecular formula is C11H12Cl3NO3S. The molecule has 8 heteroatoms. The predicted molar refractivity (Wildman–Crippen MR) is 76.8 cm³/mol. The Bertz CT molecular complexity index is 597. The molecule has 0 N–H and O–H groups in total. The van der Waals surface area contributed by atoms with Gasteiger partial charge in [0.15, 0.2) is 0 Å². The Labute approximate surface area is 126 Å². The summed E-state index contributed by atoms with van der Waals surface area (Å²) in [6.07, 6.45) is 0. The molecule has 1 aromatic rings. The van der Waals surface area contributed by atoms with E-state index in [1.165, 1.54) is 4.90 Å². The van der Waals surface area contributed by atoms with E-state index in [0.717, 1.165) is 12.1 Å². The fraction of sp³-hybridized carbons (Fsp3) is 0.364. The molecule has 0 spiro atoms. The lowest BCUT2D eigenvalue weighted by Crippen LogP contribution is -2.30. The highest BCUT2D eigenvalue weighted by Crippen LogP contribution is 2.31. The first-order valence-electron chi connectivity index (χ1n) is 5.45. The maximum atomic E-state index is 12.2. The van der Waals surface area contributed by atoms with Crippen LogP contribution in [-0.4, -0.2) is 32.3 Å². The molecule has 0 radical (unpaired) electrons. The molecular weight excluding hydrogens is 333 g/mol. The monoisotopic (exact) mass is 343 g/mol. The zero-order valence-corrected chi connectivity index (χ0v) is 13.4. The maximum absolute atomic E-state index is 12.2. The summed E-state index contributed by atoms with van der Waals surface area (Å²) < 4.78 is 22.6. The van der Waals surface area contributed by atoms with E-state index in [2.05, 4.69) is 0 Å². The van der Waals surface area contributed by atoms with Gasteiger partial charge in [-0.2, -0.15) is 0 Å². The molecule has 19 heavy (non-hydrogen) atoms. The summed E-state index contributed by atoms with van der Waals surface area (Å²) in [4.78, 5) is 13.5. The van der Waals surface area contributed by atoms with E-state index in [0.29, 0.717) is 13.1 Å². The molecule has 1 aromatic carbocycles. The fourth-order valence-corrected chi connectivity index (χ4v) is 2.80. The Morgan fingerprint density at radius 3 is 2.16 bits per heavy atom. The second-order valence-electron chi connectivity index (χ2n) is 3.68. The number of benzene rings is 1. The van der Waals surface area contributed by atoms with E-state index >= 15 is 0 Å². The van der Waals surface area contributed by atoms with Crippen molar-refractivity contribution in [1.82, 2.24) is 4.90 Å². The number of amides is 1. The van der Waals surface area contributed by atoms with Crippen molar-refractivity contribution in [1.29, 1.82) is 0 Å². The van der Waals surface area contributed by atoms with Crippen LogP contribution in [0.4, 0.5) is 0 Å². The van der Waals surface area contributed by atoms with E-state index in [-0.39, 0.29) is 26.4 Å². The normalized spacial score (nSPS) is 11.4. The zero-order chi connectivity index (χ0) is 14.8. The van der Waals surface area contributed by atoms with E-state index < -0.39 is 9.05 Å². The van der Waals surface area contributed by atoms with Crippen molar-refractivity contribution in [2.75, 3.05) is 13.1 Å². The van der Waals surface area contributed by atoms with Crippen LogP contribution in [0.15, 0.2) is 17.0 Å². The van der Waals surface area contributed by atoms with Crippen molar-refractivity contribution in [3.8, 4) is 0 Å². The van der Waals surface area contributed by atoms with Crippen molar-refractivity contribution in [3.05, 3.63) is 27.7 Å². The molecule has 1 amide bonds. The summed E-state index contributed by atoms with van der Waals surface area (Å²) in [5, 5.41) is -0.0125. The summed E-state index contributed by atoms with van der Waals surface area (Å²) in [6, 6.07) is 2.25. The molecule has 4 nitrogen and oxygen atoms in total. The molecule has 0 aliphatic rings. The van der Waals surface area contributed by atoms with Crippen LogP contribution in [0.5, 0.6) is 0 Å². The third kappa shape index (κ3) is 3.75. The first-order chi connectivity index (χ1) is 8.72. The number of carbonyl (C=O) groups excluding carboxylic acids is 1. The Kier molecular flexibility index (Phi) is 5.50. The lowest BCUT2D eigenvalue weighted by molar-refractivity contribution is 0.0773. The van der Waals surface area contributed by atoms with Crippen LogP contribution in [0.1, 0.15) is 24.2 Å². The van der Waals surface area contributed by atoms with Crippen molar-refractivity contribution in [3.63, 3.8) is 0 Å². The molecule has 0 bridgehead atoms. The SMILES string of the molecule is CCN(CC)C(=O)c1cc(S(=O)(=O)Cl)cc(Cl)c1Cl. The van der Waals surface area contributed by atoms with Gasteiger partial charge >= 0.3 is 0 Å². The molecule has 0 saturated heterocycles. The largest absolute Gasteiger partial charge is 0.339 e. The Hall–Kier alpha value is -0.490. The van der Waals surface area contributed by atoms with Gasteiger partial charge in [-0.15, -0.1) is 0 Å². The van der Waals surface area contributed by atoms with Gasteiger partial charge in [-0.1, -0.05) is 23.2 Å². The van der Waals surface area contributed by atoms with E-state index in [1.54, 1.807) is 13.8 Å². The van der Waals surface area contributed by atoms with Crippen LogP contribution >= 0.6 is 33.9 Å². The molecule has 0 saturated carbocycles. The molecule has 0 aliphatic heterocycles. The van der Waals surface area contributed by atoms with Crippen LogP contribution in [0, 0.1) is 0 Å². The average molecular weight is 345 g/mol. The summed E-state index contributed by atoms with van der Waals surface area (Å²) >= 11 is 11.8. The number of hydrogen-bond acceptors (Lipinski definition) is 3. The topological polar surface area (TPSA) is 54.5 Å². The second kappa shape index (κ2) is 6.31. The van der Waals surface area contributed by atoms with Crippen LogP contribution in [0.3, 0.4) is 0 Å². The smallest absolute Gasteiger partial charge is 0.261 e. The summed E-state index contributed by atoms with van der Waals surface area (Å²) in [7, 11) is 1.27. The molecule has 0 aromatic heterocycles. The zero-order valence-electron chi connectivity index (χ0n) is 10.3. The molecule has 0 atom stereocenters. The number of halogens is 3. The van der Waals surface area contributed by atoms with Gasteiger partial charge in [0.1, 0.15) is 0 Å². The molecule has 0 unspecified atom stereocenters. The average Bonchev–Trinajstić information content (AvgIpc) is 2.32. The number of nitrogens with zero attached hydrogens (tertiary/aromatic N) is 1. The van der Waals surface area contributed by atoms with Gasteiger partial charge in [-0.05, 0) is 26.0 Å². The summed E-state index contributed by atoms with van der Waals surface area (Å²) in [6.45, 7) is 4.56. The first kappa shape index (κ1) is 16.6. The van der Waals surface area contributed by atoms with Crippen LogP contribution in [0.25, 0.3) is 0 Å². The van der Waals surface area contributed by atoms with Crippen molar-refractivity contribution in [2.45, 2.75) is 18.7 Å². The van der Waals surface area contributed by atoms with Gasteiger partial charge < -0.3 is 4.90 Å². The Balaban J connectivity index is 3.43. The molecule has 0 aliphatic carbocycles. The van der Waals surface area contributed by atoms with E-state index in [4.69, 9.17) is 33.9 Å². The van der Waals surface area contributed by atoms with Crippen LogP contribution in [-0.2, 0) is 9.05 Å². The number of rotatable bonds is 4. The Morgan fingerprint density at radius 1 is 1.21 bits per heavy atom. The summed E-state index contributed by atoms with van der Waals surface area (Å²) in [5.74, 6) is -0.390. The first-order valence-corrected chi connectivity index (χ1v) is 8.51. The van der Waals surface area contributed by atoms with E-state index in [9.17, 15) is 13.2 Å². The lowest BCUT2D eigenvalue weighted by Gasteiger charge is -2.19. The minimum atomic E-state index is -3.98. The van der Waals surface area contributed by atoms with Crippen molar-refractivity contribution >= 4 is 48.8 Å². The van der Waals surface area contributed by atoms with Gasteiger partial charge in [0.05, 0.1) is 20.5 Å². The standard InChI is InChI=1S/C11H12Cl3NO3S/c1-3-15(4-2)11(16)8-5-7(19(14,17)18)6-9(12)10(8)13/h5-6H,3-4H2,1-2H3. The highest BCUT2D eigenvalue weighted by molar-refractivity contribution is 8.13. The lowest BCUT2D eigenvalue weighted by atomic mass is 10.2.